The van der Waals surface area contributed by atoms with Gasteiger partial charge in [-0.15, -0.1) is 0 Å². The van der Waals surface area contributed by atoms with Crippen molar-refractivity contribution in [1.29, 1.82) is 0 Å². The molecule has 1 unspecified atom stereocenters. The maximum atomic E-state index is 3.36. The van der Waals surface area contributed by atoms with Crippen LogP contribution in [0.2, 0.25) is 0 Å². The fourth-order valence-corrected chi connectivity index (χ4v) is 1.86. The molecule has 0 heterocycles. The minimum atomic E-state index is 0.703. The Labute approximate surface area is 76.2 Å². The summed E-state index contributed by atoms with van der Waals surface area (Å²) >= 11 is 0. The van der Waals surface area contributed by atoms with Crippen LogP contribution in [0.5, 0.6) is 0 Å². The highest BCUT2D eigenvalue weighted by Gasteiger charge is 2.08. The smallest absolute Gasteiger partial charge is 0.00986 e. The highest BCUT2D eigenvalue weighted by atomic mass is 14.9. The second kappa shape index (κ2) is 5.36. The second-order valence-electron chi connectivity index (χ2n) is 3.71. The molecule has 0 saturated carbocycles. The summed E-state index contributed by atoms with van der Waals surface area (Å²) in [5.74, 6) is 0. The molecule has 0 amide bonds. The molecular weight excluding hydrogens is 146 g/mol. The van der Waals surface area contributed by atoms with Gasteiger partial charge in [0, 0.05) is 6.04 Å². The van der Waals surface area contributed by atoms with E-state index in [9.17, 15) is 0 Å². The Hall–Kier alpha value is -0.300. The van der Waals surface area contributed by atoms with Crippen LogP contribution in [0.3, 0.4) is 0 Å². The molecule has 1 aliphatic rings. The predicted molar refractivity (Wildman–Crippen MR) is 54.3 cm³/mol. The van der Waals surface area contributed by atoms with Crippen molar-refractivity contribution < 1.29 is 0 Å². The molecule has 0 spiro atoms. The summed E-state index contributed by atoms with van der Waals surface area (Å²) in [5, 5.41) is 3.36. The first kappa shape index (κ1) is 9.79. The van der Waals surface area contributed by atoms with E-state index in [2.05, 4.69) is 25.4 Å². The molecule has 1 rings (SSSR count). The van der Waals surface area contributed by atoms with Crippen LogP contribution >= 0.6 is 0 Å². The molecular formula is C11H21N. The zero-order valence-electron chi connectivity index (χ0n) is 8.40. The SMILES string of the molecule is CCC(CC1=CCCCC1)NC. The van der Waals surface area contributed by atoms with E-state index in [-0.39, 0.29) is 0 Å². The molecule has 70 valence electrons. The summed E-state index contributed by atoms with van der Waals surface area (Å²) in [6.07, 6.45) is 10.4. The zero-order valence-corrected chi connectivity index (χ0v) is 8.40. The Morgan fingerprint density at radius 3 is 2.83 bits per heavy atom. The minimum absolute atomic E-state index is 0.703. The molecule has 0 aromatic rings. The first-order valence-corrected chi connectivity index (χ1v) is 5.22. The molecule has 0 aliphatic heterocycles. The summed E-state index contributed by atoms with van der Waals surface area (Å²) in [6, 6.07) is 0.703. The molecule has 0 radical (unpaired) electrons. The summed E-state index contributed by atoms with van der Waals surface area (Å²) in [4.78, 5) is 0. The number of rotatable bonds is 4. The molecule has 1 N–H and O–H groups in total. The van der Waals surface area contributed by atoms with Crippen molar-refractivity contribution in [3.8, 4) is 0 Å². The lowest BCUT2D eigenvalue weighted by molar-refractivity contribution is 0.522. The van der Waals surface area contributed by atoms with Crippen molar-refractivity contribution in [3.05, 3.63) is 11.6 Å². The minimum Gasteiger partial charge on any atom is -0.317 e. The highest BCUT2D eigenvalue weighted by molar-refractivity contribution is 5.06. The lowest BCUT2D eigenvalue weighted by atomic mass is 9.93. The second-order valence-corrected chi connectivity index (χ2v) is 3.71. The molecule has 1 aliphatic carbocycles. The van der Waals surface area contributed by atoms with Crippen LogP contribution in [0, 0.1) is 0 Å². The van der Waals surface area contributed by atoms with Crippen LogP contribution in [0.15, 0.2) is 11.6 Å². The van der Waals surface area contributed by atoms with E-state index in [1.807, 2.05) is 0 Å². The summed E-state index contributed by atoms with van der Waals surface area (Å²) in [7, 11) is 2.07. The van der Waals surface area contributed by atoms with Gasteiger partial charge in [0.1, 0.15) is 0 Å². The van der Waals surface area contributed by atoms with Crippen LogP contribution in [-0.2, 0) is 0 Å². The normalized spacial score (nSPS) is 20.3. The fourth-order valence-electron chi connectivity index (χ4n) is 1.86. The van der Waals surface area contributed by atoms with E-state index in [4.69, 9.17) is 0 Å². The van der Waals surface area contributed by atoms with Crippen LogP contribution in [0.4, 0.5) is 0 Å². The third-order valence-electron chi connectivity index (χ3n) is 2.79. The van der Waals surface area contributed by atoms with Crippen LogP contribution < -0.4 is 5.32 Å². The Balaban J connectivity index is 2.32. The van der Waals surface area contributed by atoms with Crippen molar-refractivity contribution in [1.82, 2.24) is 5.32 Å². The molecule has 1 atom stereocenters. The Morgan fingerprint density at radius 1 is 1.50 bits per heavy atom. The van der Waals surface area contributed by atoms with Crippen LogP contribution in [-0.4, -0.2) is 13.1 Å². The molecule has 0 aromatic heterocycles. The van der Waals surface area contributed by atoms with Crippen LogP contribution in [0.25, 0.3) is 0 Å². The van der Waals surface area contributed by atoms with Gasteiger partial charge < -0.3 is 5.32 Å². The number of allylic oxidation sites excluding steroid dienone is 1. The van der Waals surface area contributed by atoms with Gasteiger partial charge in [0.25, 0.3) is 0 Å². The van der Waals surface area contributed by atoms with Gasteiger partial charge in [-0.25, -0.2) is 0 Å². The van der Waals surface area contributed by atoms with Crippen molar-refractivity contribution in [2.45, 2.75) is 51.5 Å². The van der Waals surface area contributed by atoms with E-state index in [0.717, 1.165) is 0 Å². The summed E-state index contributed by atoms with van der Waals surface area (Å²) in [6.45, 7) is 2.25. The number of hydrogen-bond donors (Lipinski definition) is 1. The largest absolute Gasteiger partial charge is 0.317 e. The molecule has 0 aromatic carbocycles. The average Bonchev–Trinajstić information content (AvgIpc) is 2.16. The summed E-state index contributed by atoms with van der Waals surface area (Å²) < 4.78 is 0. The zero-order chi connectivity index (χ0) is 8.81. The highest BCUT2D eigenvalue weighted by Crippen LogP contribution is 2.21. The van der Waals surface area contributed by atoms with Gasteiger partial charge in [0.05, 0.1) is 0 Å². The van der Waals surface area contributed by atoms with Crippen molar-refractivity contribution in [2.75, 3.05) is 7.05 Å². The Morgan fingerprint density at radius 2 is 2.33 bits per heavy atom. The number of hydrogen-bond acceptors (Lipinski definition) is 1. The molecule has 1 heteroatoms. The van der Waals surface area contributed by atoms with Crippen molar-refractivity contribution in [3.63, 3.8) is 0 Å². The fraction of sp³-hybridized carbons (Fsp3) is 0.818. The van der Waals surface area contributed by atoms with Gasteiger partial charge in [-0.1, -0.05) is 18.6 Å². The van der Waals surface area contributed by atoms with Crippen LogP contribution in [0.1, 0.15) is 45.4 Å². The van der Waals surface area contributed by atoms with Crippen molar-refractivity contribution >= 4 is 0 Å². The molecule has 0 fully saturated rings. The van der Waals surface area contributed by atoms with Gasteiger partial charge in [-0.2, -0.15) is 0 Å². The first-order chi connectivity index (χ1) is 5.86. The first-order valence-electron chi connectivity index (χ1n) is 5.22. The van der Waals surface area contributed by atoms with Gasteiger partial charge in [0.15, 0.2) is 0 Å². The maximum absolute atomic E-state index is 3.36. The quantitative estimate of drug-likeness (QED) is 0.635. The number of nitrogens with one attached hydrogen (secondary N) is 1. The van der Waals surface area contributed by atoms with E-state index < -0.39 is 0 Å². The van der Waals surface area contributed by atoms with Gasteiger partial charge in [0.2, 0.25) is 0 Å². The van der Waals surface area contributed by atoms with E-state index in [1.165, 1.54) is 38.5 Å². The van der Waals surface area contributed by atoms with E-state index >= 15 is 0 Å². The molecule has 1 nitrogen and oxygen atoms in total. The van der Waals surface area contributed by atoms with Gasteiger partial charge >= 0.3 is 0 Å². The average molecular weight is 167 g/mol. The third-order valence-corrected chi connectivity index (χ3v) is 2.79. The Kier molecular flexibility index (Phi) is 4.37. The van der Waals surface area contributed by atoms with E-state index in [0.29, 0.717) is 6.04 Å². The van der Waals surface area contributed by atoms with E-state index in [1.54, 1.807) is 5.57 Å². The standard InChI is InChI=1S/C11H21N/c1-3-11(12-2)9-10-7-5-4-6-8-10/h7,11-12H,3-6,8-9H2,1-2H3. The Bertz CT molecular complexity index is 145. The van der Waals surface area contributed by atoms with Gasteiger partial charge in [-0.3, -0.25) is 0 Å². The monoisotopic (exact) mass is 167 g/mol. The third kappa shape index (κ3) is 2.98. The lowest BCUT2D eigenvalue weighted by Gasteiger charge is -2.18. The summed E-state index contributed by atoms with van der Waals surface area (Å²) in [5.41, 5.74) is 1.68. The van der Waals surface area contributed by atoms with Gasteiger partial charge in [-0.05, 0) is 45.6 Å². The molecule has 0 bridgehead atoms. The topological polar surface area (TPSA) is 12.0 Å². The molecule has 0 saturated heterocycles. The predicted octanol–water partition coefficient (Wildman–Crippen LogP) is 2.87. The van der Waals surface area contributed by atoms with Crippen molar-refractivity contribution in [2.24, 2.45) is 0 Å². The molecule has 12 heavy (non-hydrogen) atoms. The maximum Gasteiger partial charge on any atom is 0.00986 e. The lowest BCUT2D eigenvalue weighted by Crippen LogP contribution is -2.24.